The Kier molecular flexibility index (Phi) is 5.81. The molecule has 0 aromatic heterocycles. The zero-order chi connectivity index (χ0) is 12.0. The first-order valence-electron chi connectivity index (χ1n) is 6.77. The van der Waals surface area contributed by atoms with E-state index in [0.29, 0.717) is 5.91 Å². The molecule has 0 spiro atoms. The standard InChI is InChI=1S/C13H26N2O/c1-4-7-10-15-11-8-9-12(15)13(16)14(5-2)6-3/h12H,4-11H2,1-3H3. The van der Waals surface area contributed by atoms with Gasteiger partial charge in [-0.25, -0.2) is 0 Å². The van der Waals surface area contributed by atoms with Crippen molar-refractivity contribution in [2.24, 2.45) is 0 Å². The van der Waals surface area contributed by atoms with Crippen molar-refractivity contribution in [2.45, 2.75) is 52.5 Å². The minimum absolute atomic E-state index is 0.173. The summed E-state index contributed by atoms with van der Waals surface area (Å²) in [7, 11) is 0. The second-order valence-electron chi connectivity index (χ2n) is 4.56. The molecule has 1 amide bonds. The molecule has 1 heterocycles. The Morgan fingerprint density at radius 1 is 1.31 bits per heavy atom. The van der Waals surface area contributed by atoms with Crippen molar-refractivity contribution in [2.75, 3.05) is 26.2 Å². The van der Waals surface area contributed by atoms with E-state index in [1.165, 1.54) is 19.3 Å². The number of nitrogens with zero attached hydrogens (tertiary/aromatic N) is 2. The largest absolute Gasteiger partial charge is 0.342 e. The lowest BCUT2D eigenvalue weighted by molar-refractivity contribution is -0.135. The second kappa shape index (κ2) is 6.89. The summed E-state index contributed by atoms with van der Waals surface area (Å²) < 4.78 is 0. The monoisotopic (exact) mass is 226 g/mol. The number of carbonyl (C=O) groups excluding carboxylic acids is 1. The van der Waals surface area contributed by atoms with Gasteiger partial charge >= 0.3 is 0 Å². The molecule has 1 aliphatic rings. The Morgan fingerprint density at radius 3 is 2.56 bits per heavy atom. The molecule has 0 aliphatic carbocycles. The van der Waals surface area contributed by atoms with Gasteiger partial charge in [0, 0.05) is 13.1 Å². The van der Waals surface area contributed by atoms with Gasteiger partial charge < -0.3 is 4.90 Å². The summed E-state index contributed by atoms with van der Waals surface area (Å²) in [6.07, 6.45) is 4.66. The van der Waals surface area contributed by atoms with Crippen LogP contribution in [0, 0.1) is 0 Å². The first kappa shape index (κ1) is 13.5. The minimum atomic E-state index is 0.173. The molecule has 1 atom stereocenters. The molecule has 0 saturated carbocycles. The molecular weight excluding hydrogens is 200 g/mol. The molecule has 1 aliphatic heterocycles. The van der Waals surface area contributed by atoms with Crippen LogP contribution in [-0.4, -0.2) is 47.9 Å². The van der Waals surface area contributed by atoms with E-state index < -0.39 is 0 Å². The van der Waals surface area contributed by atoms with Crippen molar-refractivity contribution < 1.29 is 4.79 Å². The highest BCUT2D eigenvalue weighted by molar-refractivity contribution is 5.82. The van der Waals surface area contributed by atoms with Gasteiger partial charge in [0.25, 0.3) is 0 Å². The number of hydrogen-bond donors (Lipinski definition) is 0. The molecule has 0 radical (unpaired) electrons. The van der Waals surface area contributed by atoms with Crippen LogP contribution >= 0.6 is 0 Å². The smallest absolute Gasteiger partial charge is 0.239 e. The molecule has 3 heteroatoms. The van der Waals surface area contributed by atoms with Gasteiger partial charge in [0.15, 0.2) is 0 Å². The van der Waals surface area contributed by atoms with Gasteiger partial charge in [0.1, 0.15) is 0 Å². The molecule has 1 fully saturated rings. The average molecular weight is 226 g/mol. The SMILES string of the molecule is CCCCN1CCCC1C(=O)N(CC)CC. The van der Waals surface area contributed by atoms with Crippen molar-refractivity contribution in [1.82, 2.24) is 9.80 Å². The number of likely N-dealkylation sites (N-methyl/N-ethyl adjacent to an activating group) is 1. The summed E-state index contributed by atoms with van der Waals surface area (Å²) in [4.78, 5) is 16.6. The molecule has 0 bridgehead atoms. The van der Waals surface area contributed by atoms with Gasteiger partial charge in [-0.3, -0.25) is 9.69 Å². The number of rotatable bonds is 6. The summed E-state index contributed by atoms with van der Waals surface area (Å²) in [5, 5.41) is 0. The van der Waals surface area contributed by atoms with Crippen molar-refractivity contribution in [3.8, 4) is 0 Å². The van der Waals surface area contributed by atoms with Crippen LogP contribution in [0.4, 0.5) is 0 Å². The summed E-state index contributed by atoms with van der Waals surface area (Å²) in [5.41, 5.74) is 0. The quantitative estimate of drug-likeness (QED) is 0.692. The predicted octanol–water partition coefficient (Wildman–Crippen LogP) is 2.12. The van der Waals surface area contributed by atoms with Crippen LogP contribution in [0.15, 0.2) is 0 Å². The lowest BCUT2D eigenvalue weighted by Crippen LogP contribution is -2.45. The molecule has 16 heavy (non-hydrogen) atoms. The Bertz CT molecular complexity index is 214. The van der Waals surface area contributed by atoms with Crippen molar-refractivity contribution in [3.05, 3.63) is 0 Å². The van der Waals surface area contributed by atoms with Gasteiger partial charge in [0.05, 0.1) is 6.04 Å². The number of amides is 1. The topological polar surface area (TPSA) is 23.6 Å². The highest BCUT2D eigenvalue weighted by Gasteiger charge is 2.32. The normalized spacial score (nSPS) is 21.3. The van der Waals surface area contributed by atoms with Crippen molar-refractivity contribution in [1.29, 1.82) is 0 Å². The average Bonchev–Trinajstić information content (AvgIpc) is 2.75. The molecule has 0 N–H and O–H groups in total. The van der Waals surface area contributed by atoms with E-state index in [1.54, 1.807) is 0 Å². The maximum atomic E-state index is 12.3. The lowest BCUT2D eigenvalue weighted by Gasteiger charge is -2.28. The van der Waals surface area contributed by atoms with Crippen LogP contribution in [0.25, 0.3) is 0 Å². The van der Waals surface area contributed by atoms with Gasteiger partial charge in [0.2, 0.25) is 5.91 Å². The Hall–Kier alpha value is -0.570. The van der Waals surface area contributed by atoms with Crippen LogP contribution in [0.2, 0.25) is 0 Å². The number of unbranched alkanes of at least 4 members (excludes halogenated alkanes) is 1. The third-order valence-corrected chi connectivity index (χ3v) is 3.52. The maximum Gasteiger partial charge on any atom is 0.239 e. The molecule has 1 saturated heterocycles. The van der Waals surface area contributed by atoms with Crippen LogP contribution in [-0.2, 0) is 4.79 Å². The fourth-order valence-electron chi connectivity index (χ4n) is 2.48. The second-order valence-corrected chi connectivity index (χ2v) is 4.56. The summed E-state index contributed by atoms with van der Waals surface area (Å²) >= 11 is 0. The van der Waals surface area contributed by atoms with Gasteiger partial charge in [-0.05, 0) is 46.2 Å². The zero-order valence-corrected chi connectivity index (χ0v) is 11.0. The number of hydrogen-bond acceptors (Lipinski definition) is 2. The minimum Gasteiger partial charge on any atom is -0.342 e. The van der Waals surface area contributed by atoms with E-state index in [9.17, 15) is 4.79 Å². The third kappa shape index (κ3) is 3.21. The van der Waals surface area contributed by atoms with Crippen LogP contribution in [0.1, 0.15) is 46.5 Å². The van der Waals surface area contributed by atoms with E-state index in [4.69, 9.17) is 0 Å². The van der Waals surface area contributed by atoms with Gasteiger partial charge in [-0.2, -0.15) is 0 Å². The fourth-order valence-corrected chi connectivity index (χ4v) is 2.48. The Morgan fingerprint density at radius 2 is 2.00 bits per heavy atom. The lowest BCUT2D eigenvalue weighted by atomic mass is 10.2. The molecule has 3 nitrogen and oxygen atoms in total. The molecule has 1 rings (SSSR count). The Labute approximate surface area is 99.8 Å². The molecule has 0 aromatic rings. The molecular formula is C13H26N2O. The highest BCUT2D eigenvalue weighted by atomic mass is 16.2. The predicted molar refractivity (Wildman–Crippen MR) is 67.4 cm³/mol. The van der Waals surface area contributed by atoms with Crippen LogP contribution < -0.4 is 0 Å². The number of likely N-dealkylation sites (tertiary alicyclic amines) is 1. The molecule has 1 unspecified atom stereocenters. The zero-order valence-electron chi connectivity index (χ0n) is 11.0. The fraction of sp³-hybridized carbons (Fsp3) is 0.923. The van der Waals surface area contributed by atoms with E-state index in [1.807, 2.05) is 4.90 Å². The van der Waals surface area contributed by atoms with E-state index >= 15 is 0 Å². The van der Waals surface area contributed by atoms with E-state index in [0.717, 1.165) is 32.6 Å². The first-order chi connectivity index (χ1) is 7.74. The number of carbonyl (C=O) groups is 1. The summed E-state index contributed by atoms with van der Waals surface area (Å²) in [5.74, 6) is 0.346. The summed E-state index contributed by atoms with van der Waals surface area (Å²) in [6, 6.07) is 0.173. The molecule has 0 aromatic carbocycles. The molecule has 94 valence electrons. The van der Waals surface area contributed by atoms with Crippen molar-refractivity contribution >= 4 is 5.91 Å². The maximum absolute atomic E-state index is 12.3. The van der Waals surface area contributed by atoms with Crippen molar-refractivity contribution in [3.63, 3.8) is 0 Å². The van der Waals surface area contributed by atoms with Crippen LogP contribution in [0.3, 0.4) is 0 Å². The first-order valence-corrected chi connectivity index (χ1v) is 6.77. The highest BCUT2D eigenvalue weighted by Crippen LogP contribution is 2.19. The van der Waals surface area contributed by atoms with Gasteiger partial charge in [-0.1, -0.05) is 13.3 Å². The van der Waals surface area contributed by atoms with Crippen LogP contribution in [0.5, 0.6) is 0 Å². The third-order valence-electron chi connectivity index (χ3n) is 3.52. The van der Waals surface area contributed by atoms with E-state index in [-0.39, 0.29) is 6.04 Å². The van der Waals surface area contributed by atoms with Gasteiger partial charge in [-0.15, -0.1) is 0 Å². The Balaban J connectivity index is 2.52. The van der Waals surface area contributed by atoms with E-state index in [2.05, 4.69) is 25.7 Å². The summed E-state index contributed by atoms with van der Waals surface area (Å²) in [6.45, 7) is 10.2.